The Balaban J connectivity index is 0.000000258. The second kappa shape index (κ2) is 31.0. The fraction of sp³-hybridized carbons (Fsp3) is 0.592. The fourth-order valence-electron chi connectivity index (χ4n) is 18.6. The molecule has 6 aromatic rings. The molecular formula is C98H138Al2Li2N2Pd. The van der Waals surface area contributed by atoms with E-state index < -0.39 is 0 Å². The number of fused-ring (bicyclic) bond motifs is 4. The van der Waals surface area contributed by atoms with E-state index >= 15 is 0 Å². The van der Waals surface area contributed by atoms with Crippen LogP contribution < -0.4 is 7.77 Å². The number of nitrogens with zero attached hydrogens (tertiary/aromatic N) is 2. The molecule has 2 fully saturated rings. The van der Waals surface area contributed by atoms with Gasteiger partial charge in [-0.3, -0.25) is 0 Å². The molecule has 0 amide bonds. The Morgan fingerprint density at radius 2 is 0.457 bits per heavy atom. The summed E-state index contributed by atoms with van der Waals surface area (Å²) >= 11 is -0.441. The van der Waals surface area contributed by atoms with Gasteiger partial charge in [-0.2, -0.15) is 0 Å². The van der Waals surface area contributed by atoms with Crippen LogP contribution in [0.25, 0.3) is 0 Å². The van der Waals surface area contributed by atoms with Gasteiger partial charge in [0.15, 0.2) is 0 Å². The summed E-state index contributed by atoms with van der Waals surface area (Å²) in [7, 11) is 0. The van der Waals surface area contributed by atoms with Gasteiger partial charge in [-0.05, 0) is 254 Å². The second-order valence-electron chi connectivity index (χ2n) is 42.7. The molecule has 7 heteroatoms. The molecule has 105 heavy (non-hydrogen) atoms. The molecule has 0 N–H and O–H groups in total. The molecule has 2 saturated carbocycles. The van der Waals surface area contributed by atoms with Crippen LogP contribution in [-0.4, -0.2) is 68.6 Å². The zero-order chi connectivity index (χ0) is 75.3. The molecule has 14 rings (SSSR count). The van der Waals surface area contributed by atoms with Gasteiger partial charge in [0.25, 0.3) is 0 Å². The smallest absolute Gasteiger partial charge is 0.399 e. The van der Waals surface area contributed by atoms with Crippen molar-refractivity contribution >= 4 is 80.0 Å². The summed E-state index contributed by atoms with van der Waals surface area (Å²) in [6.07, 6.45) is 10.7. The third-order valence-electron chi connectivity index (χ3n) is 25.3. The van der Waals surface area contributed by atoms with Gasteiger partial charge in [-0.15, -0.1) is 0 Å². The molecule has 8 aliphatic rings. The first-order valence-corrected chi connectivity index (χ1v) is 42.8. The molecule has 4 radical (unpaired) electrons. The van der Waals surface area contributed by atoms with Gasteiger partial charge in [-0.25, -0.2) is 0 Å². The molecule has 6 aromatic carbocycles. The van der Waals surface area contributed by atoms with Crippen molar-refractivity contribution in [1.82, 2.24) is 0 Å². The van der Waals surface area contributed by atoms with E-state index in [4.69, 9.17) is 0 Å². The Labute approximate surface area is 694 Å². The van der Waals surface area contributed by atoms with Crippen LogP contribution in [0.15, 0.2) is 132 Å². The summed E-state index contributed by atoms with van der Waals surface area (Å²) in [5, 5.41) is 0. The minimum Gasteiger partial charge on any atom is -0.443 e. The monoisotopic (exact) mass is 1520 g/mol. The van der Waals surface area contributed by atoms with Crippen molar-refractivity contribution < 1.29 is 20.4 Å². The molecule has 0 saturated heterocycles. The summed E-state index contributed by atoms with van der Waals surface area (Å²) in [6.45, 7) is 77.2. The standard InChI is InChI=1S/2C49H69N.2Al.2Li.Pd/c2*1-30(2)40-18-17-19-41(31(3)4)45(40)50-44-33-22-20-32(21-23-33)43(44)42(34-24-36(46(5,6)7)28-37(25-34)47(8,9)10)35-26-38(48(11,12)13)29-39(27-35)49(14,15)16;;;;;/h2*17-19,24-33H,20-23H2,1-16H3;;;;;/q2*-1;2*+1;;;. The van der Waals surface area contributed by atoms with Gasteiger partial charge in [0.05, 0.1) is 0 Å². The number of hydrogen-bond donors (Lipinski definition) is 0. The summed E-state index contributed by atoms with van der Waals surface area (Å²) in [6, 6.07) is 46.0. The number of para-hydroxylation sites is 2. The predicted molar refractivity (Wildman–Crippen MR) is 459 cm³/mol. The Morgan fingerprint density at radius 1 is 0.286 bits per heavy atom. The van der Waals surface area contributed by atoms with Crippen LogP contribution in [0, 0.1) is 23.7 Å². The van der Waals surface area contributed by atoms with Crippen molar-refractivity contribution in [2.75, 3.05) is 7.77 Å². The summed E-state index contributed by atoms with van der Waals surface area (Å²) in [5.41, 5.74) is 34.6. The fourth-order valence-corrected chi connectivity index (χ4v) is 23.5. The minimum absolute atomic E-state index is 0. The number of anilines is 2. The van der Waals surface area contributed by atoms with Crippen molar-refractivity contribution in [2.45, 2.75) is 348 Å². The van der Waals surface area contributed by atoms with E-state index in [0.717, 1.165) is 0 Å². The van der Waals surface area contributed by atoms with E-state index in [1.54, 1.807) is 56.2 Å². The minimum atomic E-state index is -0.221. The SMILES string of the molecule is CC(C)c1cccc(C(C)C)c1[N]1[Al][C](c2cc(C(C)(C)C)cc(C(C)(C)C)c2)(c2cc(C(C)(C)C)cc(C(C)(C)C)c2)C2=C1C1CCC2CC1.CC(C)c1cccc(C(C)C)c1[N]1[Al][C](c2cc(C(C)(C)C)cc(C(C)(C)C)c2)(c2cc(C(C)(C)C)cc(C(C)(C)C)c2)C2=C1C1CCC2CC1.[Li].[Li].[Pd]. The molecule has 0 unspecified atom stereocenters. The van der Waals surface area contributed by atoms with Crippen LogP contribution >= 0.6 is 0 Å². The molecule has 0 aromatic heterocycles. The third-order valence-corrected chi connectivity index (χ3v) is 29.6. The first-order valence-electron chi connectivity index (χ1n) is 40.6. The van der Waals surface area contributed by atoms with E-state index in [9.17, 15) is 0 Å². The predicted octanol–water partition coefficient (Wildman–Crippen LogP) is 26.4. The van der Waals surface area contributed by atoms with Gasteiger partial charge >= 0.3 is 30.9 Å². The van der Waals surface area contributed by atoms with Crippen LogP contribution in [0.4, 0.5) is 11.4 Å². The van der Waals surface area contributed by atoms with E-state index in [1.807, 2.05) is 0 Å². The quantitative estimate of drug-likeness (QED) is 0.126. The second-order valence-corrected chi connectivity index (χ2v) is 46.0. The zero-order valence-electron chi connectivity index (χ0n) is 73.0. The normalized spacial score (nSPS) is 20.2. The third kappa shape index (κ3) is 16.9. The van der Waals surface area contributed by atoms with Crippen molar-refractivity contribution in [2.24, 2.45) is 23.7 Å². The van der Waals surface area contributed by atoms with E-state index in [1.165, 1.54) is 118 Å². The first-order chi connectivity index (χ1) is 46.9. The maximum atomic E-state index is 3.01. The summed E-state index contributed by atoms with van der Waals surface area (Å²) < 4.78 is 5.69. The molecule has 2 aliphatic heterocycles. The molecule has 0 atom stereocenters. The zero-order valence-corrected chi connectivity index (χ0v) is 76.9. The maximum absolute atomic E-state index is 3.01. The molecule has 0 spiro atoms. The van der Waals surface area contributed by atoms with Crippen molar-refractivity contribution in [3.8, 4) is 0 Å². The van der Waals surface area contributed by atoms with Crippen LogP contribution in [0.5, 0.6) is 0 Å². The van der Waals surface area contributed by atoms with Gasteiger partial charge in [0, 0.05) is 78.1 Å². The van der Waals surface area contributed by atoms with Gasteiger partial charge in [0.2, 0.25) is 0 Å². The van der Waals surface area contributed by atoms with Crippen LogP contribution in [-0.2, 0) is 72.3 Å². The summed E-state index contributed by atoms with van der Waals surface area (Å²) in [4.78, 5) is 0. The molecule has 2 nitrogen and oxygen atoms in total. The maximum Gasteiger partial charge on any atom is 0.399 e. The van der Waals surface area contributed by atoms with Crippen LogP contribution in [0.3, 0.4) is 0 Å². The van der Waals surface area contributed by atoms with E-state index in [0.29, 0.717) is 47.3 Å². The number of rotatable bonds is 10. The van der Waals surface area contributed by atoms with Gasteiger partial charge in [-0.1, -0.05) is 331 Å². The van der Waals surface area contributed by atoms with Gasteiger partial charge in [0.1, 0.15) is 0 Å². The molecule has 558 valence electrons. The molecule has 2 heterocycles. The molecule has 6 aliphatic carbocycles. The van der Waals surface area contributed by atoms with Gasteiger partial charge < -0.3 is 7.77 Å². The van der Waals surface area contributed by atoms with Crippen molar-refractivity contribution in [1.29, 1.82) is 0 Å². The Bertz CT molecular complexity index is 3590. The van der Waals surface area contributed by atoms with Crippen molar-refractivity contribution in [3.63, 3.8) is 0 Å². The Kier molecular flexibility index (Phi) is 26.0. The average Bonchev–Trinajstić information content (AvgIpc) is 1.55. The molecular weight excluding hydrogens is 1380 g/mol. The van der Waals surface area contributed by atoms with Crippen molar-refractivity contribution in [3.05, 3.63) is 221 Å². The average molecular weight is 1520 g/mol. The number of hydrogen-bond acceptors (Lipinski definition) is 2. The Morgan fingerprint density at radius 3 is 0.619 bits per heavy atom. The topological polar surface area (TPSA) is 6.48 Å². The largest absolute Gasteiger partial charge is 0.443 e. The van der Waals surface area contributed by atoms with E-state index in [-0.39, 0.29) is 141 Å². The summed E-state index contributed by atoms with van der Waals surface area (Å²) in [5.74, 6) is 4.39. The van der Waals surface area contributed by atoms with Crippen LogP contribution in [0.1, 0.15) is 386 Å². The van der Waals surface area contributed by atoms with E-state index in [2.05, 4.69) is 339 Å². The number of benzene rings is 6. The Hall–Kier alpha value is -2.68. The first kappa shape index (κ1) is 87.9. The van der Waals surface area contributed by atoms with Crippen LogP contribution in [0.2, 0.25) is 0 Å². The molecule has 4 bridgehead atoms. The number of allylic oxidation sites excluding steroid dienone is 4.